The van der Waals surface area contributed by atoms with Gasteiger partial charge in [-0.15, -0.1) is 11.3 Å². The zero-order chi connectivity index (χ0) is 19.0. The molecule has 0 aromatic carbocycles. The fourth-order valence-electron chi connectivity index (χ4n) is 3.62. The number of hydrogen-bond donors (Lipinski definition) is 0. The Bertz CT molecular complexity index is 1060. The third-order valence-corrected chi connectivity index (χ3v) is 6.27. The van der Waals surface area contributed by atoms with E-state index >= 15 is 0 Å². The molecule has 0 saturated heterocycles. The molecule has 140 valence electrons. The Morgan fingerprint density at radius 1 is 1.33 bits per heavy atom. The summed E-state index contributed by atoms with van der Waals surface area (Å²) < 4.78 is 1.81. The highest BCUT2D eigenvalue weighted by molar-refractivity contribution is 7.20. The normalized spacial score (nSPS) is 14.0. The molecule has 1 aliphatic heterocycles. The highest BCUT2D eigenvalue weighted by Crippen LogP contribution is 2.29. The highest BCUT2D eigenvalue weighted by atomic mass is 32.1. The molecule has 0 N–H and O–H groups in total. The maximum absolute atomic E-state index is 13.0. The zero-order valence-corrected chi connectivity index (χ0v) is 16.4. The fourth-order valence-corrected chi connectivity index (χ4v) is 4.81. The summed E-state index contributed by atoms with van der Waals surface area (Å²) in [6.45, 7) is 3.05. The number of aryl methyl sites for hydroxylation is 2. The number of fused-ring (bicyclic) bond motifs is 2. The molecule has 1 aliphatic rings. The van der Waals surface area contributed by atoms with E-state index in [9.17, 15) is 9.59 Å². The lowest BCUT2D eigenvalue weighted by atomic mass is 10.2. The van der Waals surface area contributed by atoms with Crippen molar-refractivity contribution in [2.45, 2.75) is 45.7 Å². The van der Waals surface area contributed by atoms with Gasteiger partial charge in [-0.3, -0.25) is 19.1 Å². The molecule has 3 aromatic rings. The summed E-state index contributed by atoms with van der Waals surface area (Å²) in [7, 11) is 1.77. The van der Waals surface area contributed by atoms with Gasteiger partial charge in [-0.1, -0.05) is 12.5 Å². The summed E-state index contributed by atoms with van der Waals surface area (Å²) in [4.78, 5) is 37.8. The Kier molecular flexibility index (Phi) is 4.78. The molecule has 0 radical (unpaired) electrons. The molecule has 0 fully saturated rings. The third kappa shape index (κ3) is 3.27. The maximum Gasteiger partial charge on any atom is 0.264 e. The average molecular weight is 382 g/mol. The van der Waals surface area contributed by atoms with Crippen LogP contribution in [0.4, 0.5) is 0 Å². The van der Waals surface area contributed by atoms with Crippen LogP contribution in [0.1, 0.15) is 45.9 Å². The maximum atomic E-state index is 13.0. The minimum Gasteiger partial charge on any atom is -0.337 e. The van der Waals surface area contributed by atoms with Gasteiger partial charge in [0, 0.05) is 39.0 Å². The molecule has 1 amide bonds. The van der Waals surface area contributed by atoms with E-state index in [2.05, 4.69) is 4.98 Å². The van der Waals surface area contributed by atoms with Crippen LogP contribution in [0.5, 0.6) is 0 Å². The molecule has 0 saturated carbocycles. The molecule has 6 nitrogen and oxygen atoms in total. The molecular weight excluding hydrogens is 360 g/mol. The largest absolute Gasteiger partial charge is 0.337 e. The van der Waals surface area contributed by atoms with Crippen molar-refractivity contribution in [3.63, 3.8) is 0 Å². The van der Waals surface area contributed by atoms with Crippen LogP contribution >= 0.6 is 11.3 Å². The molecule has 0 spiro atoms. The monoisotopic (exact) mass is 382 g/mol. The lowest BCUT2D eigenvalue weighted by Gasteiger charge is -2.16. The van der Waals surface area contributed by atoms with Gasteiger partial charge < -0.3 is 4.90 Å². The van der Waals surface area contributed by atoms with Crippen molar-refractivity contribution in [3.05, 3.63) is 56.7 Å². The number of pyridine rings is 1. The summed E-state index contributed by atoms with van der Waals surface area (Å²) in [5.41, 5.74) is 1.71. The van der Waals surface area contributed by atoms with Gasteiger partial charge in [-0.25, -0.2) is 4.98 Å². The Balaban J connectivity index is 1.72. The van der Waals surface area contributed by atoms with Crippen LogP contribution in [-0.2, 0) is 19.5 Å². The van der Waals surface area contributed by atoms with Crippen LogP contribution in [0, 0.1) is 6.92 Å². The Morgan fingerprint density at radius 3 is 2.96 bits per heavy atom. The molecule has 4 rings (SSSR count). The molecule has 0 bridgehead atoms. The van der Waals surface area contributed by atoms with Gasteiger partial charge in [-0.2, -0.15) is 0 Å². The van der Waals surface area contributed by atoms with Crippen molar-refractivity contribution in [1.82, 2.24) is 19.4 Å². The van der Waals surface area contributed by atoms with E-state index in [-0.39, 0.29) is 11.5 Å². The van der Waals surface area contributed by atoms with Crippen LogP contribution in [0.25, 0.3) is 10.2 Å². The fraction of sp³-hybridized carbons (Fsp3) is 0.400. The second kappa shape index (κ2) is 7.23. The van der Waals surface area contributed by atoms with Crippen molar-refractivity contribution >= 4 is 27.5 Å². The van der Waals surface area contributed by atoms with Gasteiger partial charge in [0.25, 0.3) is 11.5 Å². The first-order valence-electron chi connectivity index (χ1n) is 9.23. The molecule has 0 aliphatic carbocycles. The number of thiophene rings is 1. The van der Waals surface area contributed by atoms with Crippen LogP contribution < -0.4 is 5.56 Å². The lowest BCUT2D eigenvalue weighted by Crippen LogP contribution is -2.26. The van der Waals surface area contributed by atoms with Crippen LogP contribution in [0.3, 0.4) is 0 Å². The molecular formula is C20H22N4O2S. The smallest absolute Gasteiger partial charge is 0.264 e. The van der Waals surface area contributed by atoms with E-state index in [0.717, 1.165) is 49.2 Å². The van der Waals surface area contributed by atoms with E-state index < -0.39 is 0 Å². The first-order chi connectivity index (χ1) is 13.1. The summed E-state index contributed by atoms with van der Waals surface area (Å²) in [5.74, 6) is 0.771. The van der Waals surface area contributed by atoms with Crippen molar-refractivity contribution in [1.29, 1.82) is 0 Å². The highest BCUT2D eigenvalue weighted by Gasteiger charge is 2.24. The number of aromatic nitrogens is 3. The Morgan fingerprint density at radius 2 is 2.19 bits per heavy atom. The summed E-state index contributed by atoms with van der Waals surface area (Å²) in [5, 5.41) is 0.601. The standard InChI is InChI=1S/C20H22N4O2S/c1-13-16-18(22-15-8-4-3-5-10-24(15)19(16)25)27-17(13)20(26)23(2)12-14-7-6-9-21-11-14/h6-7,9,11H,3-5,8,10,12H2,1-2H3. The number of rotatable bonds is 3. The predicted molar refractivity (Wildman–Crippen MR) is 106 cm³/mol. The van der Waals surface area contributed by atoms with Crippen molar-refractivity contribution < 1.29 is 4.79 Å². The Labute approximate surface area is 161 Å². The molecule has 3 aromatic heterocycles. The molecule has 27 heavy (non-hydrogen) atoms. The predicted octanol–water partition coefficient (Wildman–Crippen LogP) is 3.16. The first-order valence-corrected chi connectivity index (χ1v) is 10.0. The van der Waals surface area contributed by atoms with Crippen molar-refractivity contribution in [2.24, 2.45) is 0 Å². The van der Waals surface area contributed by atoms with E-state index in [1.54, 1.807) is 24.3 Å². The third-order valence-electron chi connectivity index (χ3n) is 5.09. The Hall–Kier alpha value is -2.54. The van der Waals surface area contributed by atoms with Crippen molar-refractivity contribution in [3.8, 4) is 0 Å². The van der Waals surface area contributed by atoms with Gasteiger partial charge in [0.1, 0.15) is 10.7 Å². The van der Waals surface area contributed by atoms with E-state index in [1.165, 1.54) is 11.3 Å². The minimum absolute atomic E-state index is 0.000359. The summed E-state index contributed by atoms with van der Waals surface area (Å²) in [6, 6.07) is 3.80. The number of nitrogens with zero attached hydrogens (tertiary/aromatic N) is 4. The second-order valence-electron chi connectivity index (χ2n) is 7.05. The quantitative estimate of drug-likeness (QED) is 0.698. The van der Waals surface area contributed by atoms with Gasteiger partial charge in [0.05, 0.1) is 10.3 Å². The van der Waals surface area contributed by atoms with Crippen LogP contribution in [-0.4, -0.2) is 32.4 Å². The van der Waals surface area contributed by atoms with Crippen LogP contribution in [0.15, 0.2) is 29.3 Å². The van der Waals surface area contributed by atoms with Gasteiger partial charge >= 0.3 is 0 Å². The van der Waals surface area contributed by atoms with E-state index in [1.807, 2.05) is 23.6 Å². The number of carbonyl (C=O) groups is 1. The minimum atomic E-state index is -0.0843. The molecule has 4 heterocycles. The zero-order valence-electron chi connectivity index (χ0n) is 15.6. The number of hydrogen-bond acceptors (Lipinski definition) is 5. The average Bonchev–Trinajstić information content (AvgIpc) is 2.84. The van der Waals surface area contributed by atoms with Gasteiger partial charge in [0.15, 0.2) is 0 Å². The molecule has 0 unspecified atom stereocenters. The lowest BCUT2D eigenvalue weighted by molar-refractivity contribution is 0.0789. The van der Waals surface area contributed by atoms with Gasteiger partial charge in [-0.05, 0) is 37.0 Å². The van der Waals surface area contributed by atoms with E-state index in [0.29, 0.717) is 21.6 Å². The summed E-state index contributed by atoms with van der Waals surface area (Å²) >= 11 is 1.33. The van der Waals surface area contributed by atoms with Crippen molar-refractivity contribution in [2.75, 3.05) is 7.05 Å². The topological polar surface area (TPSA) is 68.1 Å². The summed E-state index contributed by atoms with van der Waals surface area (Å²) in [6.07, 6.45) is 7.48. The van der Waals surface area contributed by atoms with E-state index in [4.69, 9.17) is 4.98 Å². The molecule has 7 heteroatoms. The van der Waals surface area contributed by atoms with Crippen LogP contribution in [0.2, 0.25) is 0 Å². The van der Waals surface area contributed by atoms with Gasteiger partial charge in [0.2, 0.25) is 0 Å². The second-order valence-corrected chi connectivity index (χ2v) is 8.05. The SMILES string of the molecule is Cc1c(C(=O)N(C)Cc2cccnc2)sc2nc3n(c(=O)c12)CCCCC3. The number of amides is 1. The first kappa shape index (κ1) is 17.9. The molecule has 0 atom stereocenters. The number of carbonyl (C=O) groups excluding carboxylic acids is 1.